The van der Waals surface area contributed by atoms with E-state index in [1.165, 1.54) is 24.3 Å². The van der Waals surface area contributed by atoms with E-state index < -0.39 is 53.1 Å². The molecule has 50 heavy (non-hydrogen) atoms. The quantitative estimate of drug-likeness (QED) is 0.0857. The predicted molar refractivity (Wildman–Crippen MR) is 182 cm³/mol. The first kappa shape index (κ1) is 40.3. The number of hydrogen-bond acceptors (Lipinski definition) is 10. The van der Waals surface area contributed by atoms with Crippen molar-refractivity contribution in [3.8, 4) is 5.75 Å². The number of carboxylic acid groups (broad SMARTS) is 1. The van der Waals surface area contributed by atoms with Crippen molar-refractivity contribution in [2.75, 3.05) is 25.0 Å². The van der Waals surface area contributed by atoms with E-state index in [9.17, 15) is 42.9 Å². The average molecular weight is 722 g/mol. The van der Waals surface area contributed by atoms with Gasteiger partial charge in [-0.3, -0.25) is 23.7 Å². The largest absolute Gasteiger partial charge is 0.488 e. The zero-order chi connectivity index (χ0) is 36.7. The van der Waals surface area contributed by atoms with Gasteiger partial charge in [-0.1, -0.05) is 44.4 Å². The van der Waals surface area contributed by atoms with Crippen molar-refractivity contribution in [2.45, 2.75) is 89.1 Å². The van der Waals surface area contributed by atoms with E-state index in [0.29, 0.717) is 30.8 Å². The summed E-state index contributed by atoms with van der Waals surface area (Å²) in [4.78, 5) is 51.1. The van der Waals surface area contributed by atoms with Crippen LogP contribution in [0.5, 0.6) is 5.75 Å². The third kappa shape index (κ3) is 13.3. The zero-order valence-corrected chi connectivity index (χ0v) is 28.8. The van der Waals surface area contributed by atoms with Gasteiger partial charge in [-0.25, -0.2) is 4.18 Å². The second kappa shape index (κ2) is 19.9. The molecule has 1 aliphatic rings. The second-order valence-electron chi connectivity index (χ2n) is 12.1. The summed E-state index contributed by atoms with van der Waals surface area (Å²) in [7, 11) is -5.09. The Morgan fingerprint density at radius 3 is 2.20 bits per heavy atom. The lowest BCUT2D eigenvalue weighted by Crippen LogP contribution is -2.58. The van der Waals surface area contributed by atoms with Crippen LogP contribution in [0.25, 0.3) is 0 Å². The molecule has 0 aliphatic heterocycles. The van der Waals surface area contributed by atoms with Crippen molar-refractivity contribution in [1.82, 2.24) is 10.2 Å². The summed E-state index contributed by atoms with van der Waals surface area (Å²) in [5.74, 6) is -3.30. The van der Waals surface area contributed by atoms with Gasteiger partial charge in [0.25, 0.3) is 5.91 Å². The molecule has 0 saturated heterocycles. The highest BCUT2D eigenvalue weighted by Crippen LogP contribution is 2.32. The van der Waals surface area contributed by atoms with Crippen LogP contribution < -0.4 is 15.4 Å². The summed E-state index contributed by atoms with van der Waals surface area (Å²) < 4.78 is 42.0. The number of aliphatic hydroxyl groups is 2. The van der Waals surface area contributed by atoms with Gasteiger partial charge in [-0.2, -0.15) is 8.42 Å². The lowest BCUT2D eigenvalue weighted by Gasteiger charge is -2.39. The topological polar surface area (TPSA) is 229 Å². The number of carbonyl (C=O) groups excluding carboxylic acids is 3. The number of unbranched alkanes of at least 4 members (excludes halogenated alkanes) is 4. The molecule has 0 aromatic heterocycles. The third-order valence-corrected chi connectivity index (χ3v) is 8.77. The minimum Gasteiger partial charge on any atom is -0.488 e. The first-order chi connectivity index (χ1) is 23.8. The molecule has 2 aromatic rings. The van der Waals surface area contributed by atoms with Crippen LogP contribution in [-0.2, 0) is 29.0 Å². The summed E-state index contributed by atoms with van der Waals surface area (Å²) in [6.07, 6.45) is -2.13. The van der Waals surface area contributed by atoms with Crippen LogP contribution in [-0.4, -0.2) is 101 Å². The summed E-state index contributed by atoms with van der Waals surface area (Å²) in [5.41, 5.74) is 1.00. The Kier molecular flexibility index (Phi) is 16.1. The molecule has 6 N–H and O–H groups in total. The van der Waals surface area contributed by atoms with Crippen LogP contribution in [0.2, 0.25) is 0 Å². The van der Waals surface area contributed by atoms with Crippen molar-refractivity contribution in [3.63, 3.8) is 0 Å². The maximum absolute atomic E-state index is 12.9. The van der Waals surface area contributed by atoms with Crippen LogP contribution in [0.3, 0.4) is 0 Å². The molecule has 0 radical (unpaired) electrons. The number of carboxylic acids is 1. The lowest BCUT2D eigenvalue weighted by molar-refractivity contribution is -0.171. The Bertz CT molecular complexity index is 1510. The Balaban J connectivity index is 1.48. The number of aliphatic hydroxyl groups excluding tert-OH is 2. The van der Waals surface area contributed by atoms with E-state index in [1.807, 2.05) is 25.1 Å². The van der Waals surface area contributed by atoms with E-state index in [4.69, 9.17) is 9.29 Å². The minimum atomic E-state index is -5.09. The van der Waals surface area contributed by atoms with Crippen molar-refractivity contribution < 1.29 is 56.4 Å². The molecular formula is C34H47N3O12S. The van der Waals surface area contributed by atoms with Crippen LogP contribution in [0, 0.1) is 5.92 Å². The number of nitrogens with zero attached hydrogens (tertiary/aromatic N) is 1. The Morgan fingerprint density at radius 1 is 0.880 bits per heavy atom. The summed E-state index contributed by atoms with van der Waals surface area (Å²) in [5, 5.41) is 35.5. The monoisotopic (exact) mass is 721 g/mol. The number of ether oxygens (including phenoxy) is 1. The minimum absolute atomic E-state index is 0.0157. The molecule has 5 unspecified atom stereocenters. The molecule has 1 aliphatic carbocycles. The molecule has 0 heterocycles. The molecule has 276 valence electrons. The molecule has 1 fully saturated rings. The van der Waals surface area contributed by atoms with Gasteiger partial charge >= 0.3 is 16.4 Å². The predicted octanol–water partition coefficient (Wildman–Crippen LogP) is 2.79. The molecule has 15 nitrogen and oxygen atoms in total. The molecular weight excluding hydrogens is 674 g/mol. The lowest BCUT2D eigenvalue weighted by atomic mass is 9.80. The van der Waals surface area contributed by atoms with Crippen LogP contribution in [0.15, 0.2) is 54.6 Å². The van der Waals surface area contributed by atoms with Crippen molar-refractivity contribution in [1.29, 1.82) is 0 Å². The van der Waals surface area contributed by atoms with Gasteiger partial charge in [0.2, 0.25) is 11.8 Å². The number of hydrogen-bond donors (Lipinski definition) is 6. The van der Waals surface area contributed by atoms with Crippen LogP contribution in [0.4, 0.5) is 5.69 Å². The van der Waals surface area contributed by atoms with Gasteiger partial charge in [-0.05, 0) is 55.7 Å². The fraction of sp³-hybridized carbons (Fsp3) is 0.529. The van der Waals surface area contributed by atoms with Crippen molar-refractivity contribution in [2.24, 2.45) is 5.92 Å². The molecule has 16 heteroatoms. The zero-order valence-electron chi connectivity index (χ0n) is 28.0. The van der Waals surface area contributed by atoms with E-state index in [-0.39, 0.29) is 36.4 Å². The van der Waals surface area contributed by atoms with Gasteiger partial charge < -0.3 is 35.6 Å². The van der Waals surface area contributed by atoms with Crippen LogP contribution >= 0.6 is 0 Å². The number of carbonyl (C=O) groups is 4. The van der Waals surface area contributed by atoms with E-state index >= 15 is 0 Å². The third-order valence-electron chi connectivity index (χ3n) is 8.31. The normalized spacial score (nSPS) is 20.4. The molecule has 0 spiro atoms. The second-order valence-corrected chi connectivity index (χ2v) is 13.2. The fourth-order valence-electron chi connectivity index (χ4n) is 5.57. The van der Waals surface area contributed by atoms with E-state index in [2.05, 4.69) is 14.8 Å². The van der Waals surface area contributed by atoms with E-state index in [1.54, 1.807) is 17.0 Å². The number of benzene rings is 2. The van der Waals surface area contributed by atoms with Gasteiger partial charge in [0.15, 0.2) is 0 Å². The SMILES string of the molecule is CCCCC(=O)N(CCCCCCNC(=O)c1ccccc1)CCC(=O)Nc1ccc(OC2CC(C(=O)O)C(O)C(O)C2OS(=O)(=O)O)cc1. The maximum Gasteiger partial charge on any atom is 0.397 e. The maximum atomic E-state index is 12.9. The number of anilines is 1. The van der Waals surface area contributed by atoms with E-state index in [0.717, 1.165) is 38.5 Å². The highest BCUT2D eigenvalue weighted by atomic mass is 32.3. The smallest absolute Gasteiger partial charge is 0.397 e. The van der Waals surface area contributed by atoms with Gasteiger partial charge in [0.05, 0.1) is 12.0 Å². The molecule has 3 rings (SSSR count). The van der Waals surface area contributed by atoms with Crippen LogP contribution in [0.1, 0.15) is 75.1 Å². The highest BCUT2D eigenvalue weighted by Gasteiger charge is 2.50. The molecule has 1 saturated carbocycles. The molecule has 3 amide bonds. The molecule has 0 bridgehead atoms. The summed E-state index contributed by atoms with van der Waals surface area (Å²) >= 11 is 0. The van der Waals surface area contributed by atoms with Crippen molar-refractivity contribution in [3.05, 3.63) is 60.2 Å². The first-order valence-corrected chi connectivity index (χ1v) is 18.1. The Hall–Kier alpha value is -4.09. The Labute approximate surface area is 291 Å². The molecule has 5 atom stereocenters. The Morgan fingerprint density at radius 2 is 1.56 bits per heavy atom. The van der Waals surface area contributed by atoms with Gasteiger partial charge in [-0.15, -0.1) is 0 Å². The average Bonchev–Trinajstić information content (AvgIpc) is 3.08. The number of nitrogens with one attached hydrogen (secondary N) is 2. The summed E-state index contributed by atoms with van der Waals surface area (Å²) in [6, 6.07) is 14.8. The highest BCUT2D eigenvalue weighted by molar-refractivity contribution is 7.80. The van der Waals surface area contributed by atoms with Crippen molar-refractivity contribution >= 4 is 39.8 Å². The number of amides is 3. The van der Waals surface area contributed by atoms with Gasteiger partial charge in [0.1, 0.15) is 24.1 Å². The molecule has 2 aromatic carbocycles. The number of rotatable bonds is 20. The van der Waals surface area contributed by atoms with Gasteiger partial charge in [0, 0.05) is 50.1 Å². The fourth-order valence-corrected chi connectivity index (χ4v) is 6.09. The number of aliphatic carboxylic acids is 1. The summed E-state index contributed by atoms with van der Waals surface area (Å²) in [6.45, 7) is 3.30. The standard InChI is InChI=1S/C34H47N3O12S/c1-2-3-13-29(39)37(20-10-5-4-9-19-35-33(42)23-11-7-6-8-12-23)21-18-28(38)36-24-14-16-25(17-15-24)48-27-22-26(34(43)44)30(40)31(41)32(27)49-50(45,46)47/h6-8,11-12,14-17,26-27,30-32,40-41H,2-5,9-10,13,18-22H2,1H3,(H,35,42)(H,36,38)(H,43,44)(H,45,46,47). The first-order valence-electron chi connectivity index (χ1n) is 16.7.